The molecule has 0 aromatic rings. The normalized spacial score (nSPS) is 19.2. The maximum absolute atomic E-state index is 9.50. The van der Waals surface area contributed by atoms with Crippen molar-refractivity contribution in [3.63, 3.8) is 0 Å². The Morgan fingerprint density at radius 3 is 2.79 bits per heavy atom. The van der Waals surface area contributed by atoms with Gasteiger partial charge in [-0.3, -0.25) is 0 Å². The maximum atomic E-state index is 9.50. The summed E-state index contributed by atoms with van der Waals surface area (Å²) >= 11 is 0. The average molecular weight is 196 g/mol. The Bertz CT molecular complexity index is 226. The van der Waals surface area contributed by atoms with Crippen LogP contribution >= 0.6 is 0 Å². The molecule has 2 nitrogen and oxygen atoms in total. The smallest absolute Gasteiger partial charge is 0.112 e. The van der Waals surface area contributed by atoms with Crippen LogP contribution in [0.1, 0.15) is 33.1 Å². The van der Waals surface area contributed by atoms with E-state index in [1.165, 1.54) is 12.8 Å². The number of ether oxygens (including phenoxy) is 1. The number of aliphatic hydroxyl groups is 1. The van der Waals surface area contributed by atoms with E-state index in [2.05, 4.69) is 6.58 Å². The third-order valence-corrected chi connectivity index (χ3v) is 2.50. The fourth-order valence-corrected chi connectivity index (χ4v) is 1.22. The van der Waals surface area contributed by atoms with E-state index in [1.54, 1.807) is 0 Å². The van der Waals surface area contributed by atoms with Crippen LogP contribution in [-0.2, 0) is 4.74 Å². The summed E-state index contributed by atoms with van der Waals surface area (Å²) in [7, 11) is 0. The van der Waals surface area contributed by atoms with Crippen molar-refractivity contribution in [1.82, 2.24) is 0 Å². The van der Waals surface area contributed by atoms with Crippen LogP contribution in [0.25, 0.3) is 0 Å². The van der Waals surface area contributed by atoms with Gasteiger partial charge in [-0.2, -0.15) is 0 Å². The van der Waals surface area contributed by atoms with Crippen LogP contribution in [0, 0.1) is 5.92 Å². The minimum Gasteiger partial charge on any atom is -0.494 e. The van der Waals surface area contributed by atoms with Crippen molar-refractivity contribution < 1.29 is 9.84 Å². The summed E-state index contributed by atoms with van der Waals surface area (Å²) in [5, 5.41) is 9.50. The fraction of sp³-hybridized carbons (Fsp3) is 0.667. The molecule has 1 aliphatic carbocycles. The molecule has 0 amide bonds. The Hall–Kier alpha value is -0.760. The van der Waals surface area contributed by atoms with Crippen molar-refractivity contribution in [3.05, 3.63) is 24.0 Å². The second kappa shape index (κ2) is 5.20. The van der Waals surface area contributed by atoms with Gasteiger partial charge >= 0.3 is 0 Å². The molecule has 0 radical (unpaired) electrons. The predicted octanol–water partition coefficient (Wildman–Crippen LogP) is 2.64. The summed E-state index contributed by atoms with van der Waals surface area (Å²) in [4.78, 5) is 0. The molecule has 0 aromatic heterocycles. The molecule has 0 saturated heterocycles. The first kappa shape index (κ1) is 11.3. The largest absolute Gasteiger partial charge is 0.494 e. The highest BCUT2D eigenvalue weighted by Crippen LogP contribution is 2.29. The second-order valence-corrected chi connectivity index (χ2v) is 4.03. The number of hydrogen-bond acceptors (Lipinski definition) is 2. The number of aliphatic hydroxyl groups excluding tert-OH is 1. The zero-order valence-corrected chi connectivity index (χ0v) is 9.12. The van der Waals surface area contributed by atoms with Gasteiger partial charge in [0.25, 0.3) is 0 Å². The molecule has 1 rings (SSSR count). The Kier molecular flexibility index (Phi) is 4.21. The average Bonchev–Trinajstić information content (AvgIpc) is 2.96. The summed E-state index contributed by atoms with van der Waals surface area (Å²) in [6.45, 7) is 8.44. The first-order chi connectivity index (χ1) is 6.63. The van der Waals surface area contributed by atoms with E-state index in [0.717, 1.165) is 24.5 Å². The summed E-state index contributed by atoms with van der Waals surface area (Å²) in [5.74, 6) is 1.42. The van der Waals surface area contributed by atoms with Gasteiger partial charge in [0.05, 0.1) is 12.7 Å². The van der Waals surface area contributed by atoms with Gasteiger partial charge in [0, 0.05) is 0 Å². The van der Waals surface area contributed by atoms with Crippen LogP contribution in [0.4, 0.5) is 0 Å². The van der Waals surface area contributed by atoms with Crippen LogP contribution in [0.2, 0.25) is 0 Å². The van der Waals surface area contributed by atoms with Crippen LogP contribution in [-0.4, -0.2) is 17.8 Å². The molecule has 1 N–H and O–H groups in total. The lowest BCUT2D eigenvalue weighted by Crippen LogP contribution is -2.06. The monoisotopic (exact) mass is 196 g/mol. The standard InChI is InChI=1S/C12H20O2/c1-4-12(13)9(2)7-10(3)14-8-11-5-6-11/h7,11-13H,3-6,8H2,1-2H3/b9-7+/t12-/m1/s1. The number of rotatable bonds is 6. The number of hydrogen-bond donors (Lipinski definition) is 1. The van der Waals surface area contributed by atoms with Crippen molar-refractivity contribution >= 4 is 0 Å². The number of allylic oxidation sites excluding steroid dienone is 1. The van der Waals surface area contributed by atoms with Crippen LogP contribution < -0.4 is 0 Å². The molecule has 0 spiro atoms. The zero-order valence-electron chi connectivity index (χ0n) is 9.12. The molecule has 1 saturated carbocycles. The van der Waals surface area contributed by atoms with Crippen LogP contribution in [0.3, 0.4) is 0 Å². The van der Waals surface area contributed by atoms with E-state index < -0.39 is 0 Å². The highest BCUT2D eigenvalue weighted by molar-refractivity contribution is 5.17. The minimum absolute atomic E-state index is 0.365. The first-order valence-electron chi connectivity index (χ1n) is 5.31. The molecule has 1 aliphatic rings. The van der Waals surface area contributed by atoms with Gasteiger partial charge < -0.3 is 9.84 Å². The molecule has 0 heterocycles. The van der Waals surface area contributed by atoms with E-state index in [0.29, 0.717) is 5.76 Å². The third-order valence-electron chi connectivity index (χ3n) is 2.50. The molecular formula is C12H20O2. The van der Waals surface area contributed by atoms with Gasteiger partial charge in [-0.1, -0.05) is 13.5 Å². The molecule has 80 valence electrons. The molecule has 14 heavy (non-hydrogen) atoms. The van der Waals surface area contributed by atoms with E-state index in [9.17, 15) is 5.11 Å². The van der Waals surface area contributed by atoms with Crippen molar-refractivity contribution in [1.29, 1.82) is 0 Å². The summed E-state index contributed by atoms with van der Waals surface area (Å²) in [5.41, 5.74) is 0.924. The SMILES string of the molecule is C=C(/C=C(\C)[C@H](O)CC)OCC1CC1. The molecule has 0 aromatic carbocycles. The lowest BCUT2D eigenvalue weighted by molar-refractivity contribution is 0.198. The zero-order chi connectivity index (χ0) is 10.6. The highest BCUT2D eigenvalue weighted by Gasteiger charge is 2.21. The lowest BCUT2D eigenvalue weighted by Gasteiger charge is -2.10. The Balaban J connectivity index is 2.28. The van der Waals surface area contributed by atoms with Crippen molar-refractivity contribution in [3.8, 4) is 0 Å². The molecule has 0 bridgehead atoms. The minimum atomic E-state index is -0.365. The maximum Gasteiger partial charge on any atom is 0.112 e. The van der Waals surface area contributed by atoms with Gasteiger partial charge in [-0.15, -0.1) is 0 Å². The van der Waals surface area contributed by atoms with E-state index >= 15 is 0 Å². The molecule has 0 unspecified atom stereocenters. The third kappa shape index (κ3) is 3.97. The summed E-state index contributed by atoms with van der Waals surface area (Å²) in [6, 6.07) is 0. The van der Waals surface area contributed by atoms with E-state index in [-0.39, 0.29) is 6.10 Å². The topological polar surface area (TPSA) is 29.5 Å². The fourth-order valence-electron chi connectivity index (χ4n) is 1.22. The first-order valence-corrected chi connectivity index (χ1v) is 5.31. The van der Waals surface area contributed by atoms with Crippen LogP contribution in [0.5, 0.6) is 0 Å². The molecule has 1 atom stereocenters. The van der Waals surface area contributed by atoms with E-state index in [4.69, 9.17) is 4.74 Å². The van der Waals surface area contributed by atoms with Crippen molar-refractivity contribution in [2.24, 2.45) is 5.92 Å². The Morgan fingerprint density at radius 1 is 1.64 bits per heavy atom. The van der Waals surface area contributed by atoms with Gasteiger partial charge in [-0.05, 0) is 43.8 Å². The van der Waals surface area contributed by atoms with Gasteiger partial charge in [0.15, 0.2) is 0 Å². The Labute approximate surface area is 86.3 Å². The predicted molar refractivity (Wildman–Crippen MR) is 57.9 cm³/mol. The van der Waals surface area contributed by atoms with Crippen molar-refractivity contribution in [2.45, 2.75) is 39.2 Å². The lowest BCUT2D eigenvalue weighted by atomic mass is 10.1. The van der Waals surface area contributed by atoms with Gasteiger partial charge in [0.2, 0.25) is 0 Å². The van der Waals surface area contributed by atoms with Gasteiger partial charge in [0.1, 0.15) is 5.76 Å². The molecule has 0 aliphatic heterocycles. The molecule has 2 heteroatoms. The second-order valence-electron chi connectivity index (χ2n) is 4.03. The summed E-state index contributed by atoms with van der Waals surface area (Å²) < 4.78 is 5.45. The summed E-state index contributed by atoms with van der Waals surface area (Å²) in [6.07, 6.45) is 4.77. The quantitative estimate of drug-likeness (QED) is 0.522. The van der Waals surface area contributed by atoms with Gasteiger partial charge in [-0.25, -0.2) is 0 Å². The molecular weight excluding hydrogens is 176 g/mol. The van der Waals surface area contributed by atoms with Crippen LogP contribution in [0.15, 0.2) is 24.0 Å². The Morgan fingerprint density at radius 2 is 2.29 bits per heavy atom. The highest BCUT2D eigenvalue weighted by atomic mass is 16.5. The van der Waals surface area contributed by atoms with E-state index in [1.807, 2.05) is 19.9 Å². The van der Waals surface area contributed by atoms with Crippen molar-refractivity contribution in [2.75, 3.05) is 6.61 Å². The molecule has 1 fully saturated rings.